The number of thioether (sulfide) groups is 1. The molecule has 0 radical (unpaired) electrons. The predicted molar refractivity (Wildman–Crippen MR) is 104 cm³/mol. The third-order valence-electron chi connectivity index (χ3n) is 4.49. The van der Waals surface area contributed by atoms with Gasteiger partial charge < -0.3 is 10.4 Å². The van der Waals surface area contributed by atoms with Gasteiger partial charge in [0.1, 0.15) is 11.0 Å². The molecule has 2 heterocycles. The summed E-state index contributed by atoms with van der Waals surface area (Å²) in [5.74, 6) is -0.497. The third-order valence-corrected chi connectivity index (χ3v) is 5.98. The highest BCUT2D eigenvalue weighted by atomic mass is 32.2. The molecule has 3 aromatic rings. The van der Waals surface area contributed by atoms with Crippen LogP contribution in [0.5, 0.6) is 5.88 Å². The minimum absolute atomic E-state index is 0.0660. The molecule has 8 nitrogen and oxygen atoms in total. The molecule has 0 saturated heterocycles. The fourth-order valence-corrected chi connectivity index (χ4v) is 4.70. The number of hydrogen-bond acceptors (Lipinski definition) is 8. The van der Waals surface area contributed by atoms with Crippen LogP contribution in [0.4, 0.5) is 5.69 Å². The van der Waals surface area contributed by atoms with Gasteiger partial charge in [0.25, 0.3) is 5.56 Å². The highest BCUT2D eigenvalue weighted by Crippen LogP contribution is 2.32. The maximum absolute atomic E-state index is 12.4. The van der Waals surface area contributed by atoms with Gasteiger partial charge >= 0.3 is 0 Å². The zero-order chi connectivity index (χ0) is 18.8. The Labute approximate surface area is 163 Å². The summed E-state index contributed by atoms with van der Waals surface area (Å²) in [4.78, 5) is 28.8. The second-order valence-corrected chi connectivity index (χ2v) is 7.79. The number of aromatic nitrogens is 4. The van der Waals surface area contributed by atoms with E-state index in [0.29, 0.717) is 16.4 Å². The molecule has 0 atom stereocenters. The Hall–Kier alpha value is -2.46. The van der Waals surface area contributed by atoms with Crippen molar-refractivity contribution >= 4 is 46.1 Å². The van der Waals surface area contributed by atoms with E-state index in [1.54, 1.807) is 16.7 Å². The van der Waals surface area contributed by atoms with E-state index in [9.17, 15) is 14.7 Å². The van der Waals surface area contributed by atoms with Crippen molar-refractivity contribution in [3.8, 4) is 5.88 Å². The minimum Gasteiger partial charge on any atom is -0.493 e. The number of nitrogens with zero attached hydrogens (tertiary/aromatic N) is 4. The Balaban J connectivity index is 1.50. The van der Waals surface area contributed by atoms with Crippen molar-refractivity contribution in [2.45, 2.75) is 36.9 Å². The van der Waals surface area contributed by atoms with Crippen LogP contribution < -0.4 is 10.9 Å². The summed E-state index contributed by atoms with van der Waals surface area (Å²) in [5.41, 5.74) is 1.70. The van der Waals surface area contributed by atoms with Gasteiger partial charge in [0, 0.05) is 6.04 Å². The maximum Gasteiger partial charge on any atom is 0.258 e. The number of hydrogen-bond donors (Lipinski definition) is 2. The molecule has 2 aromatic heterocycles. The van der Waals surface area contributed by atoms with Crippen LogP contribution in [0, 0.1) is 0 Å². The van der Waals surface area contributed by atoms with Gasteiger partial charge in [-0.15, -0.1) is 0 Å². The molecule has 140 valence electrons. The van der Waals surface area contributed by atoms with Crippen LogP contribution in [0.15, 0.2) is 34.2 Å². The van der Waals surface area contributed by atoms with Crippen molar-refractivity contribution < 1.29 is 9.90 Å². The summed E-state index contributed by atoms with van der Waals surface area (Å²) >= 11 is 2.23. The molecule has 10 heteroatoms. The molecule has 0 bridgehead atoms. The summed E-state index contributed by atoms with van der Waals surface area (Å²) in [6, 6.07) is 6.61. The van der Waals surface area contributed by atoms with Crippen LogP contribution in [0.3, 0.4) is 0 Å². The minimum atomic E-state index is -0.324. The SMILES string of the molecule is O=C(CSc1nc(O)cc(=O)n1C1CCCC1)Nc1cccc2nsnc12. The van der Waals surface area contributed by atoms with Gasteiger partial charge in [-0.05, 0) is 25.0 Å². The second kappa shape index (κ2) is 7.65. The van der Waals surface area contributed by atoms with E-state index in [-0.39, 0.29) is 29.1 Å². The first-order valence-electron chi connectivity index (χ1n) is 8.58. The average Bonchev–Trinajstić information content (AvgIpc) is 3.31. The Morgan fingerprint density at radius 3 is 2.96 bits per heavy atom. The fraction of sp³-hybridized carbons (Fsp3) is 0.353. The molecule has 4 rings (SSSR count). The van der Waals surface area contributed by atoms with Crippen molar-refractivity contribution in [3.05, 3.63) is 34.6 Å². The Kier molecular flexibility index (Phi) is 5.08. The van der Waals surface area contributed by atoms with E-state index in [2.05, 4.69) is 19.0 Å². The summed E-state index contributed by atoms with van der Waals surface area (Å²) in [7, 11) is 0. The number of rotatable bonds is 5. The van der Waals surface area contributed by atoms with E-state index < -0.39 is 0 Å². The molecule has 0 aliphatic heterocycles. The Bertz CT molecular complexity index is 1040. The number of aromatic hydroxyl groups is 1. The standard InChI is InChI=1S/C17H17N5O3S2/c23-13-8-15(25)22(10-4-1-2-5-10)17(19-13)26-9-14(24)18-11-6-3-7-12-16(11)21-27-20-12/h3,6-8,10,23H,1-2,4-5,9H2,(H,18,24). The monoisotopic (exact) mass is 403 g/mol. The molecule has 1 aliphatic rings. The first-order chi connectivity index (χ1) is 13.1. The molecule has 0 spiro atoms. The van der Waals surface area contributed by atoms with Gasteiger partial charge in [-0.1, -0.05) is 30.7 Å². The lowest BCUT2D eigenvalue weighted by Gasteiger charge is -2.17. The first-order valence-corrected chi connectivity index (χ1v) is 10.3. The fourth-order valence-electron chi connectivity index (χ4n) is 3.28. The number of anilines is 1. The lowest BCUT2D eigenvalue weighted by Crippen LogP contribution is -2.26. The summed E-state index contributed by atoms with van der Waals surface area (Å²) in [6.07, 6.45) is 3.94. The number of fused-ring (bicyclic) bond motifs is 1. The summed E-state index contributed by atoms with van der Waals surface area (Å²) in [6.45, 7) is 0. The Morgan fingerprint density at radius 1 is 1.33 bits per heavy atom. The van der Waals surface area contributed by atoms with Crippen LogP contribution in [-0.2, 0) is 4.79 Å². The molecule has 1 aliphatic carbocycles. The number of benzene rings is 1. The van der Waals surface area contributed by atoms with Gasteiger partial charge in [-0.3, -0.25) is 14.2 Å². The predicted octanol–water partition coefficient (Wildman–Crippen LogP) is 2.80. The van der Waals surface area contributed by atoms with Gasteiger partial charge in [-0.25, -0.2) is 0 Å². The molecule has 0 unspecified atom stereocenters. The van der Waals surface area contributed by atoms with Gasteiger partial charge in [0.2, 0.25) is 11.8 Å². The molecule has 1 amide bonds. The molecule has 1 saturated carbocycles. The smallest absolute Gasteiger partial charge is 0.258 e. The normalized spacial score (nSPS) is 14.7. The highest BCUT2D eigenvalue weighted by Gasteiger charge is 2.22. The maximum atomic E-state index is 12.4. The third kappa shape index (κ3) is 3.81. The summed E-state index contributed by atoms with van der Waals surface area (Å²) < 4.78 is 9.96. The lowest BCUT2D eigenvalue weighted by molar-refractivity contribution is -0.113. The van der Waals surface area contributed by atoms with E-state index in [0.717, 1.165) is 60.8 Å². The number of amides is 1. The Morgan fingerprint density at radius 2 is 2.15 bits per heavy atom. The van der Waals surface area contributed by atoms with Crippen LogP contribution in [0.2, 0.25) is 0 Å². The number of carbonyl (C=O) groups excluding carboxylic acids is 1. The van der Waals surface area contributed by atoms with E-state index in [1.165, 1.54) is 0 Å². The molecular formula is C17H17N5O3S2. The van der Waals surface area contributed by atoms with Gasteiger partial charge in [0.05, 0.1) is 29.2 Å². The molecule has 1 fully saturated rings. The second-order valence-electron chi connectivity index (χ2n) is 6.32. The topological polar surface area (TPSA) is 110 Å². The van der Waals surface area contributed by atoms with Crippen LogP contribution in [0.25, 0.3) is 11.0 Å². The van der Waals surface area contributed by atoms with Gasteiger partial charge in [0.15, 0.2) is 5.16 Å². The summed E-state index contributed by atoms with van der Waals surface area (Å²) in [5, 5.41) is 12.9. The van der Waals surface area contributed by atoms with E-state index in [4.69, 9.17) is 0 Å². The zero-order valence-corrected chi connectivity index (χ0v) is 15.9. The van der Waals surface area contributed by atoms with Crippen molar-refractivity contribution in [3.63, 3.8) is 0 Å². The quantitative estimate of drug-likeness (QED) is 0.498. The van der Waals surface area contributed by atoms with Crippen LogP contribution in [-0.4, -0.2) is 35.1 Å². The largest absolute Gasteiger partial charge is 0.493 e. The number of nitrogens with one attached hydrogen (secondary N) is 1. The molecule has 1 aromatic carbocycles. The first kappa shape index (κ1) is 17.9. The van der Waals surface area contributed by atoms with Crippen molar-refractivity contribution in [1.29, 1.82) is 0 Å². The number of carbonyl (C=O) groups is 1. The highest BCUT2D eigenvalue weighted by molar-refractivity contribution is 7.99. The van der Waals surface area contributed by atoms with Crippen LogP contribution >= 0.6 is 23.5 Å². The van der Waals surface area contributed by atoms with Crippen molar-refractivity contribution in [2.24, 2.45) is 0 Å². The molecule has 2 N–H and O–H groups in total. The van der Waals surface area contributed by atoms with Gasteiger partial charge in [-0.2, -0.15) is 13.7 Å². The molecular weight excluding hydrogens is 386 g/mol. The van der Waals surface area contributed by atoms with Crippen molar-refractivity contribution in [1.82, 2.24) is 18.3 Å². The lowest BCUT2D eigenvalue weighted by atomic mass is 10.2. The molecule has 27 heavy (non-hydrogen) atoms. The van der Waals surface area contributed by atoms with E-state index in [1.807, 2.05) is 6.07 Å². The van der Waals surface area contributed by atoms with E-state index >= 15 is 0 Å². The average molecular weight is 403 g/mol. The van der Waals surface area contributed by atoms with Crippen molar-refractivity contribution in [2.75, 3.05) is 11.1 Å². The zero-order valence-electron chi connectivity index (χ0n) is 14.3. The van der Waals surface area contributed by atoms with Crippen LogP contribution in [0.1, 0.15) is 31.7 Å².